The first-order chi connectivity index (χ1) is 7.42. The Balaban J connectivity index is 1.95. The molecule has 0 atom stereocenters. The zero-order valence-corrected chi connectivity index (χ0v) is 9.55. The molecule has 15 heavy (non-hydrogen) atoms. The summed E-state index contributed by atoms with van der Waals surface area (Å²) in [5.41, 5.74) is 2.76. The third-order valence-electron chi connectivity index (χ3n) is 3.26. The van der Waals surface area contributed by atoms with Crippen molar-refractivity contribution in [3.63, 3.8) is 0 Å². The maximum absolute atomic E-state index is 4.18. The van der Waals surface area contributed by atoms with E-state index in [1.807, 2.05) is 6.20 Å². The lowest BCUT2D eigenvalue weighted by molar-refractivity contribution is 0.645. The lowest BCUT2D eigenvalue weighted by atomic mass is 10.0. The molecule has 3 heteroatoms. The maximum Gasteiger partial charge on any atom is 0.0535 e. The topological polar surface area (TPSA) is 40.7 Å². The minimum Gasteiger partial charge on any atom is -0.313 e. The predicted octanol–water partition coefficient (Wildman–Crippen LogP) is 2.57. The van der Waals surface area contributed by atoms with Gasteiger partial charge in [-0.05, 0) is 25.8 Å². The van der Waals surface area contributed by atoms with Gasteiger partial charge in [-0.1, -0.05) is 19.8 Å². The molecule has 2 N–H and O–H groups in total. The van der Waals surface area contributed by atoms with Crippen LogP contribution in [0.4, 0.5) is 0 Å². The van der Waals surface area contributed by atoms with Gasteiger partial charge in [-0.25, -0.2) is 0 Å². The largest absolute Gasteiger partial charge is 0.313 e. The molecular weight excluding hydrogens is 186 g/mol. The Bertz CT molecular complexity index is 287. The number of rotatable bonds is 5. The second kappa shape index (κ2) is 5.31. The number of hydrogen-bond donors (Lipinski definition) is 2. The SMILES string of the molecule is CCCNCc1cn[nH]c1C1CCCC1. The molecule has 0 aliphatic heterocycles. The van der Waals surface area contributed by atoms with Gasteiger partial charge in [-0.2, -0.15) is 5.10 Å². The molecule has 1 aliphatic carbocycles. The van der Waals surface area contributed by atoms with E-state index in [2.05, 4.69) is 22.4 Å². The first-order valence-electron chi connectivity index (χ1n) is 6.14. The summed E-state index contributed by atoms with van der Waals surface area (Å²) in [5.74, 6) is 0.742. The molecule has 1 aromatic heterocycles. The van der Waals surface area contributed by atoms with E-state index in [0.717, 1.165) is 19.0 Å². The van der Waals surface area contributed by atoms with E-state index in [1.165, 1.54) is 43.4 Å². The summed E-state index contributed by atoms with van der Waals surface area (Å²) in [6.07, 6.45) is 8.61. The second-order valence-electron chi connectivity index (χ2n) is 4.47. The van der Waals surface area contributed by atoms with Crippen LogP contribution in [-0.4, -0.2) is 16.7 Å². The third-order valence-corrected chi connectivity index (χ3v) is 3.26. The third kappa shape index (κ3) is 2.59. The summed E-state index contributed by atoms with van der Waals surface area (Å²) >= 11 is 0. The van der Waals surface area contributed by atoms with Crippen molar-refractivity contribution in [3.05, 3.63) is 17.5 Å². The van der Waals surface area contributed by atoms with Gasteiger partial charge in [0.05, 0.1) is 6.20 Å². The van der Waals surface area contributed by atoms with Gasteiger partial charge >= 0.3 is 0 Å². The molecule has 0 unspecified atom stereocenters. The van der Waals surface area contributed by atoms with E-state index in [-0.39, 0.29) is 0 Å². The molecule has 1 fully saturated rings. The van der Waals surface area contributed by atoms with Crippen molar-refractivity contribution in [1.29, 1.82) is 0 Å². The number of nitrogens with one attached hydrogen (secondary N) is 2. The summed E-state index contributed by atoms with van der Waals surface area (Å²) in [4.78, 5) is 0. The van der Waals surface area contributed by atoms with Gasteiger partial charge in [0, 0.05) is 23.7 Å². The summed E-state index contributed by atoms with van der Waals surface area (Å²) < 4.78 is 0. The van der Waals surface area contributed by atoms with Gasteiger partial charge in [-0.3, -0.25) is 5.10 Å². The van der Waals surface area contributed by atoms with Crippen LogP contribution in [0.25, 0.3) is 0 Å². The highest BCUT2D eigenvalue weighted by Crippen LogP contribution is 2.34. The average Bonchev–Trinajstić information content (AvgIpc) is 2.87. The minimum atomic E-state index is 0.742. The Kier molecular flexibility index (Phi) is 3.78. The van der Waals surface area contributed by atoms with Crippen molar-refractivity contribution in [2.75, 3.05) is 6.54 Å². The fraction of sp³-hybridized carbons (Fsp3) is 0.750. The van der Waals surface area contributed by atoms with E-state index in [1.54, 1.807) is 0 Å². The highest BCUT2D eigenvalue weighted by molar-refractivity contribution is 5.21. The number of aromatic amines is 1. The van der Waals surface area contributed by atoms with Crippen LogP contribution in [0.1, 0.15) is 56.2 Å². The van der Waals surface area contributed by atoms with Crippen LogP contribution in [0.3, 0.4) is 0 Å². The van der Waals surface area contributed by atoms with Crippen molar-refractivity contribution >= 4 is 0 Å². The van der Waals surface area contributed by atoms with Crippen molar-refractivity contribution < 1.29 is 0 Å². The normalized spacial score (nSPS) is 17.4. The Labute approximate surface area is 91.7 Å². The molecule has 2 rings (SSSR count). The molecule has 3 nitrogen and oxygen atoms in total. The number of nitrogens with zero attached hydrogens (tertiary/aromatic N) is 1. The van der Waals surface area contributed by atoms with Crippen LogP contribution >= 0.6 is 0 Å². The fourth-order valence-electron chi connectivity index (χ4n) is 2.43. The summed E-state index contributed by atoms with van der Waals surface area (Å²) in [6.45, 7) is 4.26. The molecule has 1 saturated carbocycles. The summed E-state index contributed by atoms with van der Waals surface area (Å²) in [7, 11) is 0. The van der Waals surface area contributed by atoms with Gasteiger partial charge in [0.2, 0.25) is 0 Å². The lowest BCUT2D eigenvalue weighted by Crippen LogP contribution is -2.15. The highest BCUT2D eigenvalue weighted by atomic mass is 15.1. The second-order valence-corrected chi connectivity index (χ2v) is 4.47. The number of H-pyrrole nitrogens is 1. The number of hydrogen-bond acceptors (Lipinski definition) is 2. The molecule has 1 aliphatic rings. The van der Waals surface area contributed by atoms with Gasteiger partial charge in [-0.15, -0.1) is 0 Å². The predicted molar refractivity (Wildman–Crippen MR) is 61.8 cm³/mol. The van der Waals surface area contributed by atoms with Crippen LogP contribution in [0.15, 0.2) is 6.20 Å². The van der Waals surface area contributed by atoms with E-state index in [0.29, 0.717) is 0 Å². The Morgan fingerprint density at radius 2 is 2.27 bits per heavy atom. The zero-order chi connectivity index (χ0) is 10.5. The molecular formula is C12H21N3. The lowest BCUT2D eigenvalue weighted by Gasteiger charge is -2.09. The van der Waals surface area contributed by atoms with E-state index in [9.17, 15) is 0 Å². The molecule has 0 radical (unpaired) electrons. The van der Waals surface area contributed by atoms with Gasteiger partial charge in [0.25, 0.3) is 0 Å². The molecule has 0 bridgehead atoms. The van der Waals surface area contributed by atoms with Crippen molar-refractivity contribution in [1.82, 2.24) is 15.5 Å². The summed E-state index contributed by atoms with van der Waals surface area (Å²) in [6, 6.07) is 0. The smallest absolute Gasteiger partial charge is 0.0535 e. The van der Waals surface area contributed by atoms with Gasteiger partial charge in [0.15, 0.2) is 0 Å². The Morgan fingerprint density at radius 1 is 1.47 bits per heavy atom. The first-order valence-corrected chi connectivity index (χ1v) is 6.14. The highest BCUT2D eigenvalue weighted by Gasteiger charge is 2.20. The minimum absolute atomic E-state index is 0.742. The van der Waals surface area contributed by atoms with Crippen LogP contribution in [0, 0.1) is 0 Å². The standard InChI is InChI=1S/C12H21N3/c1-2-7-13-8-11-9-14-15-12(11)10-5-3-4-6-10/h9-10,13H,2-8H2,1H3,(H,14,15). The molecule has 84 valence electrons. The Hall–Kier alpha value is -0.830. The summed E-state index contributed by atoms with van der Waals surface area (Å²) in [5, 5.41) is 10.8. The molecule has 0 aromatic carbocycles. The van der Waals surface area contributed by atoms with Crippen LogP contribution in [0.2, 0.25) is 0 Å². The molecule has 0 amide bonds. The monoisotopic (exact) mass is 207 g/mol. The Morgan fingerprint density at radius 3 is 3.00 bits per heavy atom. The maximum atomic E-state index is 4.18. The van der Waals surface area contributed by atoms with Crippen LogP contribution in [0.5, 0.6) is 0 Å². The van der Waals surface area contributed by atoms with E-state index >= 15 is 0 Å². The molecule has 0 saturated heterocycles. The quantitative estimate of drug-likeness (QED) is 0.729. The fourth-order valence-corrected chi connectivity index (χ4v) is 2.43. The average molecular weight is 207 g/mol. The van der Waals surface area contributed by atoms with Crippen molar-refractivity contribution in [2.24, 2.45) is 0 Å². The molecule has 1 aromatic rings. The zero-order valence-electron chi connectivity index (χ0n) is 9.55. The van der Waals surface area contributed by atoms with E-state index < -0.39 is 0 Å². The molecule has 1 heterocycles. The first kappa shape index (κ1) is 10.7. The van der Waals surface area contributed by atoms with Crippen LogP contribution in [-0.2, 0) is 6.54 Å². The van der Waals surface area contributed by atoms with Crippen molar-refractivity contribution in [3.8, 4) is 0 Å². The molecule has 0 spiro atoms. The van der Waals surface area contributed by atoms with Crippen LogP contribution < -0.4 is 5.32 Å². The van der Waals surface area contributed by atoms with Gasteiger partial charge < -0.3 is 5.32 Å². The van der Waals surface area contributed by atoms with Gasteiger partial charge in [0.1, 0.15) is 0 Å². The van der Waals surface area contributed by atoms with Crippen molar-refractivity contribution in [2.45, 2.75) is 51.5 Å². The van der Waals surface area contributed by atoms with E-state index in [4.69, 9.17) is 0 Å². The number of aromatic nitrogens is 2.